The molecule has 1 aromatic carbocycles. The highest BCUT2D eigenvalue weighted by Gasteiger charge is 2.65. The van der Waals surface area contributed by atoms with E-state index in [2.05, 4.69) is 67.9 Å². The lowest BCUT2D eigenvalue weighted by Gasteiger charge is -2.35. The Morgan fingerprint density at radius 2 is 2.05 bits per heavy atom. The molecule has 0 radical (unpaired) electrons. The van der Waals surface area contributed by atoms with E-state index in [1.54, 1.807) is 0 Å². The summed E-state index contributed by atoms with van der Waals surface area (Å²) in [5.41, 5.74) is 2.35. The molecule has 1 aromatic rings. The summed E-state index contributed by atoms with van der Waals surface area (Å²) in [6.45, 7) is 9.54. The standard InChI is InChI=1S/C18H25BrO2/c1-12(2)18-10-16(17(4,21-18)9-15(18)19)20-11-14-8-6-5-7-13(14)3/h5-8,12,15-16H,9-11H2,1-4H3. The molecule has 0 saturated carbocycles. The van der Waals surface area contributed by atoms with E-state index in [0.29, 0.717) is 17.4 Å². The van der Waals surface area contributed by atoms with Crippen molar-refractivity contribution >= 4 is 15.9 Å². The Balaban J connectivity index is 1.73. The van der Waals surface area contributed by atoms with Gasteiger partial charge in [0.05, 0.1) is 23.9 Å². The molecule has 2 nitrogen and oxygen atoms in total. The fraction of sp³-hybridized carbons (Fsp3) is 0.667. The molecule has 2 saturated heterocycles. The zero-order valence-electron chi connectivity index (χ0n) is 13.4. The Hall–Kier alpha value is -0.380. The molecule has 2 aliphatic rings. The van der Waals surface area contributed by atoms with E-state index in [0.717, 1.165) is 12.8 Å². The van der Waals surface area contributed by atoms with E-state index in [-0.39, 0.29) is 17.3 Å². The van der Waals surface area contributed by atoms with Gasteiger partial charge in [0.25, 0.3) is 0 Å². The highest BCUT2D eigenvalue weighted by Crippen LogP contribution is 2.57. The Morgan fingerprint density at radius 3 is 2.67 bits per heavy atom. The van der Waals surface area contributed by atoms with Gasteiger partial charge in [-0.3, -0.25) is 0 Å². The van der Waals surface area contributed by atoms with Crippen molar-refractivity contribution in [3.05, 3.63) is 35.4 Å². The summed E-state index contributed by atoms with van der Waals surface area (Å²) in [7, 11) is 0. The van der Waals surface area contributed by atoms with Crippen molar-refractivity contribution in [1.82, 2.24) is 0 Å². The van der Waals surface area contributed by atoms with E-state index < -0.39 is 0 Å². The van der Waals surface area contributed by atoms with Gasteiger partial charge in [0, 0.05) is 11.2 Å². The molecule has 3 heteroatoms. The van der Waals surface area contributed by atoms with Crippen molar-refractivity contribution in [2.45, 2.75) is 69.3 Å². The van der Waals surface area contributed by atoms with Crippen LogP contribution in [0.3, 0.4) is 0 Å². The van der Waals surface area contributed by atoms with Crippen LogP contribution in [0.2, 0.25) is 0 Å². The molecule has 0 aliphatic carbocycles. The second-order valence-electron chi connectivity index (χ2n) is 7.13. The molecule has 2 heterocycles. The van der Waals surface area contributed by atoms with Gasteiger partial charge in [0.1, 0.15) is 0 Å². The predicted octanol–water partition coefficient (Wildman–Crippen LogP) is 4.62. The van der Waals surface area contributed by atoms with Crippen LogP contribution < -0.4 is 0 Å². The highest BCUT2D eigenvalue weighted by molar-refractivity contribution is 9.09. The third kappa shape index (κ3) is 2.47. The van der Waals surface area contributed by atoms with Gasteiger partial charge in [0.2, 0.25) is 0 Å². The van der Waals surface area contributed by atoms with Crippen LogP contribution in [0, 0.1) is 12.8 Å². The molecule has 116 valence electrons. The summed E-state index contributed by atoms with van der Waals surface area (Å²) in [4.78, 5) is 0.438. The topological polar surface area (TPSA) is 18.5 Å². The predicted molar refractivity (Wildman–Crippen MR) is 88.8 cm³/mol. The van der Waals surface area contributed by atoms with Gasteiger partial charge in [-0.1, -0.05) is 54.0 Å². The van der Waals surface area contributed by atoms with E-state index in [1.807, 2.05) is 0 Å². The van der Waals surface area contributed by atoms with Gasteiger partial charge < -0.3 is 9.47 Å². The minimum absolute atomic E-state index is 0.0643. The van der Waals surface area contributed by atoms with E-state index in [1.165, 1.54) is 11.1 Å². The third-order valence-corrected chi connectivity index (χ3v) is 6.50. The summed E-state index contributed by atoms with van der Waals surface area (Å²) < 4.78 is 12.8. The van der Waals surface area contributed by atoms with Crippen LogP contribution >= 0.6 is 15.9 Å². The van der Waals surface area contributed by atoms with Crippen LogP contribution in [0.15, 0.2) is 24.3 Å². The molecule has 3 rings (SSSR count). The highest BCUT2D eigenvalue weighted by atomic mass is 79.9. The first-order chi connectivity index (χ1) is 9.87. The van der Waals surface area contributed by atoms with Crippen LogP contribution in [0.1, 0.15) is 44.7 Å². The van der Waals surface area contributed by atoms with Gasteiger partial charge in [-0.05, 0) is 37.3 Å². The number of benzene rings is 1. The van der Waals surface area contributed by atoms with Crippen molar-refractivity contribution in [3.63, 3.8) is 0 Å². The Kier molecular flexibility index (Phi) is 3.96. The number of hydrogen-bond donors (Lipinski definition) is 0. The molecule has 21 heavy (non-hydrogen) atoms. The Bertz CT molecular complexity index is 530. The molecule has 2 fully saturated rings. The molecule has 4 atom stereocenters. The monoisotopic (exact) mass is 352 g/mol. The fourth-order valence-electron chi connectivity index (χ4n) is 3.85. The minimum atomic E-state index is -0.152. The number of aryl methyl sites for hydroxylation is 1. The molecule has 4 unspecified atom stereocenters. The molecule has 2 aliphatic heterocycles. The maximum absolute atomic E-state index is 6.48. The summed E-state index contributed by atoms with van der Waals surface area (Å²) in [6.07, 6.45) is 2.21. The van der Waals surface area contributed by atoms with Crippen molar-refractivity contribution in [2.24, 2.45) is 5.92 Å². The Morgan fingerprint density at radius 1 is 1.33 bits per heavy atom. The second kappa shape index (κ2) is 5.36. The largest absolute Gasteiger partial charge is 0.370 e. The molecule has 0 aromatic heterocycles. The molecule has 0 amide bonds. The van der Waals surface area contributed by atoms with Gasteiger partial charge in [0.15, 0.2) is 0 Å². The first-order valence-electron chi connectivity index (χ1n) is 7.88. The van der Waals surface area contributed by atoms with Crippen molar-refractivity contribution < 1.29 is 9.47 Å². The second-order valence-corrected chi connectivity index (χ2v) is 8.23. The normalized spacial score (nSPS) is 38.4. The molecule has 2 bridgehead atoms. The third-order valence-electron chi connectivity index (χ3n) is 5.40. The number of halogens is 1. The average Bonchev–Trinajstić information content (AvgIpc) is 2.86. The fourth-order valence-corrected chi connectivity index (χ4v) is 5.31. The van der Waals surface area contributed by atoms with Crippen LogP contribution in [0.5, 0.6) is 0 Å². The van der Waals surface area contributed by atoms with Gasteiger partial charge in [-0.2, -0.15) is 0 Å². The van der Waals surface area contributed by atoms with Crippen LogP contribution in [-0.2, 0) is 16.1 Å². The molecular weight excluding hydrogens is 328 g/mol. The van der Waals surface area contributed by atoms with E-state index >= 15 is 0 Å². The number of hydrogen-bond acceptors (Lipinski definition) is 2. The van der Waals surface area contributed by atoms with Crippen LogP contribution in [0.25, 0.3) is 0 Å². The van der Waals surface area contributed by atoms with E-state index in [9.17, 15) is 0 Å². The molecule has 0 N–H and O–H groups in total. The van der Waals surface area contributed by atoms with Crippen molar-refractivity contribution in [3.8, 4) is 0 Å². The maximum atomic E-state index is 6.48. The van der Waals surface area contributed by atoms with E-state index in [4.69, 9.17) is 9.47 Å². The van der Waals surface area contributed by atoms with Gasteiger partial charge in [-0.15, -0.1) is 0 Å². The lowest BCUT2D eigenvalue weighted by molar-refractivity contribution is -0.0955. The molecular formula is C18H25BrO2. The van der Waals surface area contributed by atoms with Crippen molar-refractivity contribution in [2.75, 3.05) is 0 Å². The first-order valence-corrected chi connectivity index (χ1v) is 8.79. The maximum Gasteiger partial charge on any atom is 0.0936 e. The quantitative estimate of drug-likeness (QED) is 0.736. The van der Waals surface area contributed by atoms with Gasteiger partial charge >= 0.3 is 0 Å². The SMILES string of the molecule is Cc1ccccc1COC1CC2(C(C)C)OC1(C)CC2Br. The average molecular weight is 353 g/mol. The van der Waals surface area contributed by atoms with Gasteiger partial charge in [-0.25, -0.2) is 0 Å². The smallest absolute Gasteiger partial charge is 0.0936 e. The first kappa shape index (κ1) is 15.5. The summed E-state index contributed by atoms with van der Waals surface area (Å²) >= 11 is 3.84. The Labute approximate surface area is 136 Å². The van der Waals surface area contributed by atoms with Crippen molar-refractivity contribution in [1.29, 1.82) is 0 Å². The molecule has 0 spiro atoms. The van der Waals surface area contributed by atoms with Crippen LogP contribution in [0.4, 0.5) is 0 Å². The number of rotatable bonds is 4. The summed E-state index contributed by atoms with van der Waals surface area (Å²) in [5.74, 6) is 0.496. The zero-order chi connectivity index (χ0) is 15.3. The zero-order valence-corrected chi connectivity index (χ0v) is 14.9. The number of fused-ring (bicyclic) bond motifs is 2. The lowest BCUT2D eigenvalue weighted by Crippen LogP contribution is -2.44. The number of ether oxygens (including phenoxy) is 2. The summed E-state index contributed by atoms with van der Waals surface area (Å²) in [5, 5.41) is 0. The number of alkyl halides is 1. The summed E-state index contributed by atoms with van der Waals surface area (Å²) in [6, 6.07) is 8.44. The minimum Gasteiger partial charge on any atom is -0.370 e. The lowest BCUT2D eigenvalue weighted by atomic mass is 9.75. The van der Waals surface area contributed by atoms with Crippen LogP contribution in [-0.4, -0.2) is 22.1 Å².